The first-order chi connectivity index (χ1) is 7.99. The maximum atomic E-state index is 13.1. The van der Waals surface area contributed by atoms with Gasteiger partial charge in [0.2, 0.25) is 0 Å². The number of aliphatic hydroxyl groups excluding tert-OH is 1. The highest BCUT2D eigenvalue weighted by Crippen LogP contribution is 2.36. The molecular weight excluding hydrogens is 327 g/mol. The Labute approximate surface area is 116 Å². The SMILES string of the molecule is Cc1cc(C(O)c2cc(F)ccc2Cl)sc1Br. The first-order valence-electron chi connectivity index (χ1n) is 4.88. The summed E-state index contributed by atoms with van der Waals surface area (Å²) in [6.45, 7) is 1.93. The highest BCUT2D eigenvalue weighted by atomic mass is 79.9. The second-order valence-electron chi connectivity index (χ2n) is 3.67. The first-order valence-corrected chi connectivity index (χ1v) is 6.86. The number of aliphatic hydroxyl groups is 1. The zero-order valence-corrected chi connectivity index (χ0v) is 12.0. The van der Waals surface area contributed by atoms with Crippen molar-refractivity contribution in [3.8, 4) is 0 Å². The fourth-order valence-electron chi connectivity index (χ4n) is 1.50. The second kappa shape index (κ2) is 5.06. The summed E-state index contributed by atoms with van der Waals surface area (Å²) in [5.74, 6) is -0.407. The van der Waals surface area contributed by atoms with Gasteiger partial charge in [0.05, 0.1) is 3.79 Å². The first kappa shape index (κ1) is 13.0. The van der Waals surface area contributed by atoms with Crippen molar-refractivity contribution in [2.45, 2.75) is 13.0 Å². The van der Waals surface area contributed by atoms with Crippen molar-refractivity contribution in [2.24, 2.45) is 0 Å². The van der Waals surface area contributed by atoms with Crippen molar-refractivity contribution in [3.05, 3.63) is 54.9 Å². The topological polar surface area (TPSA) is 20.2 Å². The van der Waals surface area contributed by atoms with Gasteiger partial charge in [-0.2, -0.15) is 0 Å². The van der Waals surface area contributed by atoms with Gasteiger partial charge in [0, 0.05) is 15.5 Å². The molecule has 0 fully saturated rings. The molecule has 1 aromatic heterocycles. The van der Waals surface area contributed by atoms with E-state index in [9.17, 15) is 9.50 Å². The van der Waals surface area contributed by atoms with Gasteiger partial charge in [-0.1, -0.05) is 11.6 Å². The fraction of sp³-hybridized carbons (Fsp3) is 0.167. The second-order valence-corrected chi connectivity index (χ2v) is 6.48. The maximum Gasteiger partial charge on any atom is 0.123 e. The number of halogens is 3. The molecule has 0 aliphatic heterocycles. The normalized spacial score (nSPS) is 12.8. The summed E-state index contributed by atoms with van der Waals surface area (Å²) in [6.07, 6.45) is -0.895. The molecule has 2 aromatic rings. The molecule has 0 amide bonds. The molecule has 0 spiro atoms. The molecule has 0 radical (unpaired) electrons. The molecule has 17 heavy (non-hydrogen) atoms. The lowest BCUT2D eigenvalue weighted by Crippen LogP contribution is -1.98. The van der Waals surface area contributed by atoms with Crippen molar-refractivity contribution < 1.29 is 9.50 Å². The van der Waals surface area contributed by atoms with Crippen LogP contribution >= 0.6 is 38.9 Å². The van der Waals surface area contributed by atoms with E-state index in [1.54, 1.807) is 0 Å². The van der Waals surface area contributed by atoms with Crippen molar-refractivity contribution in [3.63, 3.8) is 0 Å². The summed E-state index contributed by atoms with van der Waals surface area (Å²) in [5.41, 5.74) is 1.43. The molecule has 0 saturated heterocycles. The Balaban J connectivity index is 2.42. The molecule has 2 rings (SSSR count). The molecular formula is C12H9BrClFOS. The van der Waals surface area contributed by atoms with Crippen LogP contribution in [0.3, 0.4) is 0 Å². The van der Waals surface area contributed by atoms with E-state index in [0.717, 1.165) is 14.2 Å². The van der Waals surface area contributed by atoms with Crippen LogP contribution in [0, 0.1) is 12.7 Å². The number of hydrogen-bond donors (Lipinski definition) is 1. The van der Waals surface area contributed by atoms with E-state index in [-0.39, 0.29) is 0 Å². The third-order valence-corrected chi connectivity index (χ3v) is 4.93. The molecule has 1 aromatic carbocycles. The van der Waals surface area contributed by atoms with Crippen LogP contribution in [0.4, 0.5) is 4.39 Å². The molecule has 0 aliphatic carbocycles. The van der Waals surface area contributed by atoms with Crippen molar-refractivity contribution in [1.29, 1.82) is 0 Å². The summed E-state index contributed by atoms with van der Waals surface area (Å²) >= 11 is 10.8. The molecule has 1 heterocycles. The zero-order chi connectivity index (χ0) is 12.6. The molecule has 5 heteroatoms. The lowest BCUT2D eigenvalue weighted by Gasteiger charge is -2.10. The van der Waals surface area contributed by atoms with Crippen LogP contribution in [-0.2, 0) is 0 Å². The standard InChI is InChI=1S/C12H9BrClFOS/c1-6-4-10(17-12(6)13)11(16)8-5-7(15)2-3-9(8)14/h2-5,11,16H,1H3. The molecule has 90 valence electrons. The van der Waals surface area contributed by atoms with Gasteiger partial charge in [-0.05, 0) is 52.7 Å². The molecule has 1 N–H and O–H groups in total. The van der Waals surface area contributed by atoms with E-state index in [1.807, 2.05) is 13.0 Å². The average molecular weight is 336 g/mol. The summed E-state index contributed by atoms with van der Waals surface area (Å²) < 4.78 is 14.1. The summed E-state index contributed by atoms with van der Waals surface area (Å²) in [4.78, 5) is 0.738. The van der Waals surface area contributed by atoms with Gasteiger partial charge < -0.3 is 5.11 Å². The Morgan fingerprint density at radius 2 is 2.12 bits per heavy atom. The van der Waals surface area contributed by atoms with Crippen molar-refractivity contribution >= 4 is 38.9 Å². The third-order valence-electron chi connectivity index (χ3n) is 2.40. The van der Waals surface area contributed by atoms with Crippen LogP contribution in [0.1, 0.15) is 22.1 Å². The van der Waals surface area contributed by atoms with E-state index < -0.39 is 11.9 Å². The van der Waals surface area contributed by atoms with Gasteiger partial charge >= 0.3 is 0 Å². The Bertz CT molecular complexity index is 536. The number of thiophene rings is 1. The number of hydrogen-bond acceptors (Lipinski definition) is 2. The van der Waals surface area contributed by atoms with Gasteiger partial charge in [0.1, 0.15) is 11.9 Å². The van der Waals surface area contributed by atoms with Gasteiger partial charge in [-0.3, -0.25) is 0 Å². The van der Waals surface area contributed by atoms with Crippen LogP contribution in [0.2, 0.25) is 5.02 Å². The van der Waals surface area contributed by atoms with E-state index >= 15 is 0 Å². The van der Waals surface area contributed by atoms with Crippen LogP contribution in [-0.4, -0.2) is 5.11 Å². The smallest absolute Gasteiger partial charge is 0.123 e. The molecule has 0 saturated carbocycles. The van der Waals surface area contributed by atoms with Gasteiger partial charge in [0.15, 0.2) is 0 Å². The zero-order valence-electron chi connectivity index (χ0n) is 8.88. The Hall–Kier alpha value is -0.420. The molecule has 1 unspecified atom stereocenters. The molecule has 0 bridgehead atoms. The van der Waals surface area contributed by atoms with E-state index in [0.29, 0.717) is 10.6 Å². The minimum Gasteiger partial charge on any atom is -0.383 e. The Morgan fingerprint density at radius 1 is 1.41 bits per heavy atom. The minimum absolute atomic E-state index is 0.362. The van der Waals surface area contributed by atoms with Gasteiger partial charge in [-0.25, -0.2) is 4.39 Å². The highest BCUT2D eigenvalue weighted by molar-refractivity contribution is 9.11. The quantitative estimate of drug-likeness (QED) is 0.844. The largest absolute Gasteiger partial charge is 0.383 e. The Morgan fingerprint density at radius 3 is 2.71 bits per heavy atom. The molecule has 1 nitrogen and oxygen atoms in total. The lowest BCUT2D eigenvalue weighted by atomic mass is 10.1. The summed E-state index contributed by atoms with van der Waals surface area (Å²) in [7, 11) is 0. The van der Waals surface area contributed by atoms with Gasteiger partial charge in [0.25, 0.3) is 0 Å². The summed E-state index contributed by atoms with van der Waals surface area (Å²) in [5, 5.41) is 10.5. The highest BCUT2D eigenvalue weighted by Gasteiger charge is 2.17. The Kier molecular flexibility index (Phi) is 3.88. The van der Waals surface area contributed by atoms with E-state index in [4.69, 9.17) is 11.6 Å². The average Bonchev–Trinajstić information content (AvgIpc) is 2.62. The summed E-state index contributed by atoms with van der Waals surface area (Å²) in [6, 6.07) is 5.84. The minimum atomic E-state index is -0.895. The third kappa shape index (κ3) is 2.71. The predicted molar refractivity (Wildman–Crippen MR) is 72.2 cm³/mol. The maximum absolute atomic E-state index is 13.1. The molecule has 1 atom stereocenters. The van der Waals surface area contributed by atoms with Crippen LogP contribution in [0.15, 0.2) is 28.1 Å². The van der Waals surface area contributed by atoms with Gasteiger partial charge in [-0.15, -0.1) is 11.3 Å². The van der Waals surface area contributed by atoms with E-state index in [1.165, 1.54) is 29.5 Å². The monoisotopic (exact) mass is 334 g/mol. The number of benzene rings is 1. The number of aryl methyl sites for hydroxylation is 1. The predicted octanol–water partition coefficient (Wildman–Crippen LogP) is 4.69. The lowest BCUT2D eigenvalue weighted by molar-refractivity contribution is 0.223. The number of rotatable bonds is 2. The molecule has 0 aliphatic rings. The van der Waals surface area contributed by atoms with Crippen LogP contribution in [0.25, 0.3) is 0 Å². The van der Waals surface area contributed by atoms with Crippen LogP contribution in [0.5, 0.6) is 0 Å². The van der Waals surface area contributed by atoms with Crippen molar-refractivity contribution in [2.75, 3.05) is 0 Å². The van der Waals surface area contributed by atoms with E-state index in [2.05, 4.69) is 15.9 Å². The van der Waals surface area contributed by atoms with Crippen molar-refractivity contribution in [1.82, 2.24) is 0 Å². The van der Waals surface area contributed by atoms with Crippen LogP contribution < -0.4 is 0 Å². The fourth-order valence-corrected chi connectivity index (χ4v) is 3.29.